The SMILES string of the molecule is Cc1ccc(C(=O)COC(=O)CN2C(=O)[C@H]3[C@H]4C[C@@H]([C@@H]3C2=O)[C@@H](c2ccccc2)C4)cc1. The summed E-state index contributed by atoms with van der Waals surface area (Å²) in [5, 5.41) is 0. The summed E-state index contributed by atoms with van der Waals surface area (Å²) in [4.78, 5) is 51.7. The minimum absolute atomic E-state index is 0.132. The number of fused-ring (bicyclic) bond motifs is 5. The van der Waals surface area contributed by atoms with Gasteiger partial charge in [-0.15, -0.1) is 0 Å². The van der Waals surface area contributed by atoms with Crippen LogP contribution in [0.4, 0.5) is 0 Å². The summed E-state index contributed by atoms with van der Waals surface area (Å²) >= 11 is 0. The topological polar surface area (TPSA) is 80.8 Å². The number of hydrogen-bond acceptors (Lipinski definition) is 5. The molecule has 164 valence electrons. The zero-order chi connectivity index (χ0) is 22.4. The Bertz CT molecular complexity index is 1080. The maximum atomic E-state index is 13.1. The van der Waals surface area contributed by atoms with Crippen molar-refractivity contribution in [3.63, 3.8) is 0 Å². The van der Waals surface area contributed by atoms with Crippen molar-refractivity contribution in [1.29, 1.82) is 0 Å². The molecule has 1 heterocycles. The number of likely N-dealkylation sites (tertiary alicyclic amines) is 1. The van der Waals surface area contributed by atoms with E-state index in [9.17, 15) is 19.2 Å². The van der Waals surface area contributed by atoms with E-state index in [-0.39, 0.29) is 47.2 Å². The first-order valence-corrected chi connectivity index (χ1v) is 11.1. The van der Waals surface area contributed by atoms with Gasteiger partial charge in [0.05, 0.1) is 11.8 Å². The van der Waals surface area contributed by atoms with E-state index in [4.69, 9.17) is 4.74 Å². The second-order valence-corrected chi connectivity index (χ2v) is 9.18. The van der Waals surface area contributed by atoms with Gasteiger partial charge in [-0.1, -0.05) is 60.2 Å². The Morgan fingerprint density at radius 3 is 2.34 bits per heavy atom. The van der Waals surface area contributed by atoms with Crippen molar-refractivity contribution in [2.45, 2.75) is 25.7 Å². The van der Waals surface area contributed by atoms with Gasteiger partial charge in [0.25, 0.3) is 0 Å². The lowest BCUT2D eigenvalue weighted by Crippen LogP contribution is -2.38. The Balaban J connectivity index is 1.22. The van der Waals surface area contributed by atoms with Crippen molar-refractivity contribution < 1.29 is 23.9 Å². The normalized spacial score (nSPS) is 28.2. The van der Waals surface area contributed by atoms with Crippen molar-refractivity contribution in [3.05, 3.63) is 71.3 Å². The van der Waals surface area contributed by atoms with Crippen LogP contribution in [0.5, 0.6) is 0 Å². The molecule has 1 saturated heterocycles. The number of Topliss-reactive ketones (excluding diaryl/α,β-unsaturated/α-hetero) is 1. The van der Waals surface area contributed by atoms with Crippen LogP contribution in [0.3, 0.4) is 0 Å². The fourth-order valence-electron chi connectivity index (χ4n) is 5.90. The Morgan fingerprint density at radius 2 is 1.62 bits per heavy atom. The number of hydrogen-bond donors (Lipinski definition) is 0. The van der Waals surface area contributed by atoms with E-state index in [1.54, 1.807) is 12.1 Å². The highest BCUT2D eigenvalue weighted by molar-refractivity contribution is 6.08. The van der Waals surface area contributed by atoms with Crippen LogP contribution in [0.1, 0.15) is 40.2 Å². The third-order valence-corrected chi connectivity index (χ3v) is 7.36. The van der Waals surface area contributed by atoms with E-state index < -0.39 is 19.1 Å². The van der Waals surface area contributed by atoms with Gasteiger partial charge in [0.1, 0.15) is 6.54 Å². The van der Waals surface area contributed by atoms with Crippen molar-refractivity contribution in [1.82, 2.24) is 4.90 Å². The Morgan fingerprint density at radius 1 is 0.938 bits per heavy atom. The minimum atomic E-state index is -0.737. The minimum Gasteiger partial charge on any atom is -0.456 e. The van der Waals surface area contributed by atoms with Crippen molar-refractivity contribution in [2.24, 2.45) is 23.7 Å². The summed E-state index contributed by atoms with van der Waals surface area (Å²) in [7, 11) is 0. The average Bonchev–Trinajstić information content (AvgIpc) is 3.46. The zero-order valence-corrected chi connectivity index (χ0v) is 17.9. The highest BCUT2D eigenvalue weighted by Crippen LogP contribution is 2.61. The third kappa shape index (κ3) is 3.44. The molecule has 5 rings (SSSR count). The fraction of sp³-hybridized carbons (Fsp3) is 0.385. The first-order chi connectivity index (χ1) is 15.4. The molecule has 0 aromatic heterocycles. The Kier molecular flexibility index (Phi) is 5.16. The molecule has 2 aromatic rings. The zero-order valence-electron chi connectivity index (χ0n) is 17.9. The molecular weight excluding hydrogens is 406 g/mol. The molecule has 1 aliphatic heterocycles. The molecule has 2 aliphatic carbocycles. The molecule has 6 heteroatoms. The van der Waals surface area contributed by atoms with Gasteiger partial charge in [-0.3, -0.25) is 24.1 Å². The number of ether oxygens (including phenoxy) is 1. The van der Waals surface area contributed by atoms with Crippen LogP contribution < -0.4 is 0 Å². The molecule has 5 atom stereocenters. The number of imide groups is 1. The lowest BCUT2D eigenvalue weighted by molar-refractivity contribution is -0.152. The maximum Gasteiger partial charge on any atom is 0.326 e. The molecule has 32 heavy (non-hydrogen) atoms. The van der Waals surface area contributed by atoms with Gasteiger partial charge in [0.2, 0.25) is 11.8 Å². The number of esters is 1. The summed E-state index contributed by atoms with van der Waals surface area (Å²) in [5.41, 5.74) is 2.69. The predicted molar refractivity (Wildman–Crippen MR) is 116 cm³/mol. The monoisotopic (exact) mass is 431 g/mol. The largest absolute Gasteiger partial charge is 0.456 e. The summed E-state index contributed by atoms with van der Waals surface area (Å²) in [6.07, 6.45) is 1.79. The predicted octanol–water partition coefficient (Wildman–Crippen LogP) is 3.15. The van der Waals surface area contributed by atoms with Crippen LogP contribution in [-0.4, -0.2) is 41.6 Å². The molecule has 0 radical (unpaired) electrons. The number of aryl methyl sites for hydroxylation is 1. The Hall–Kier alpha value is -3.28. The molecule has 0 unspecified atom stereocenters. The molecule has 2 saturated carbocycles. The van der Waals surface area contributed by atoms with Gasteiger partial charge in [-0.2, -0.15) is 0 Å². The standard InChI is InChI=1S/C26H25NO5/c1-15-7-9-17(10-8-15)21(28)14-32-22(29)13-27-25(30)23-18-11-19(16-5-3-2-4-6-16)20(12-18)24(23)26(27)31/h2-10,18-20,23-24H,11-14H2,1H3/t18-,19-,20-,23+,24+/m1/s1. The highest BCUT2D eigenvalue weighted by atomic mass is 16.5. The van der Waals surface area contributed by atoms with Crippen molar-refractivity contribution >= 4 is 23.6 Å². The Labute approximate surface area is 186 Å². The van der Waals surface area contributed by atoms with Gasteiger partial charge in [-0.05, 0) is 43.1 Å². The van der Waals surface area contributed by atoms with Crippen LogP contribution in [0, 0.1) is 30.6 Å². The number of ketones is 1. The molecule has 6 nitrogen and oxygen atoms in total. The van der Waals surface area contributed by atoms with E-state index in [1.807, 2.05) is 37.3 Å². The summed E-state index contributed by atoms with van der Waals surface area (Å²) < 4.78 is 5.09. The first kappa shape index (κ1) is 20.6. The highest BCUT2D eigenvalue weighted by Gasteiger charge is 2.64. The third-order valence-electron chi connectivity index (χ3n) is 7.36. The van der Waals surface area contributed by atoms with Gasteiger partial charge >= 0.3 is 5.97 Å². The molecule has 2 bridgehead atoms. The second kappa shape index (κ2) is 8.01. The van der Waals surface area contributed by atoms with Crippen LogP contribution >= 0.6 is 0 Å². The van der Waals surface area contributed by atoms with Gasteiger partial charge in [0, 0.05) is 5.56 Å². The van der Waals surface area contributed by atoms with Crippen LogP contribution in [-0.2, 0) is 19.1 Å². The number of carbonyl (C=O) groups excluding carboxylic acids is 4. The van der Waals surface area contributed by atoms with Crippen molar-refractivity contribution in [3.8, 4) is 0 Å². The lowest BCUT2D eigenvalue weighted by Gasteiger charge is -2.28. The molecule has 2 amide bonds. The van der Waals surface area contributed by atoms with Gasteiger partial charge in [0.15, 0.2) is 12.4 Å². The molecule has 0 spiro atoms. The van der Waals surface area contributed by atoms with Crippen LogP contribution in [0.15, 0.2) is 54.6 Å². The summed E-state index contributed by atoms with van der Waals surface area (Å²) in [6.45, 7) is 1.08. The summed E-state index contributed by atoms with van der Waals surface area (Å²) in [5.74, 6) is -1.68. The van der Waals surface area contributed by atoms with Crippen LogP contribution in [0.2, 0.25) is 0 Å². The average molecular weight is 431 g/mol. The number of nitrogens with zero attached hydrogens (tertiary/aromatic N) is 1. The first-order valence-electron chi connectivity index (χ1n) is 11.1. The van der Waals surface area contributed by atoms with E-state index >= 15 is 0 Å². The molecule has 0 N–H and O–H groups in total. The molecule has 2 aromatic carbocycles. The molecule has 3 aliphatic rings. The van der Waals surface area contributed by atoms with E-state index in [2.05, 4.69) is 12.1 Å². The fourth-order valence-corrected chi connectivity index (χ4v) is 5.90. The number of rotatable bonds is 6. The quantitative estimate of drug-likeness (QED) is 0.399. The number of benzene rings is 2. The van der Waals surface area contributed by atoms with Gasteiger partial charge in [-0.25, -0.2) is 0 Å². The molecule has 3 fully saturated rings. The number of amides is 2. The van der Waals surface area contributed by atoms with Crippen molar-refractivity contribution in [2.75, 3.05) is 13.2 Å². The van der Waals surface area contributed by atoms with E-state index in [1.165, 1.54) is 5.56 Å². The number of carbonyl (C=O) groups is 4. The van der Waals surface area contributed by atoms with Gasteiger partial charge < -0.3 is 4.74 Å². The van der Waals surface area contributed by atoms with E-state index in [0.717, 1.165) is 23.3 Å². The second-order valence-electron chi connectivity index (χ2n) is 9.18. The van der Waals surface area contributed by atoms with Crippen LogP contribution in [0.25, 0.3) is 0 Å². The maximum absolute atomic E-state index is 13.1. The molecular formula is C26H25NO5. The smallest absolute Gasteiger partial charge is 0.326 e. The lowest BCUT2D eigenvalue weighted by atomic mass is 9.73. The summed E-state index contributed by atoms with van der Waals surface area (Å²) in [6, 6.07) is 17.1. The van der Waals surface area contributed by atoms with E-state index in [0.29, 0.717) is 5.56 Å².